The van der Waals surface area contributed by atoms with Crippen LogP contribution < -0.4 is 10.5 Å². The highest BCUT2D eigenvalue weighted by molar-refractivity contribution is 7.99. The van der Waals surface area contributed by atoms with Crippen molar-refractivity contribution < 1.29 is 9.47 Å². The minimum atomic E-state index is -0.120. The SMILES string of the molecule is COCCOc1ccc(-c2c(C#N)c(N)nc(SC(C)c3cccnn3)c2C#N)cc1. The molecule has 3 aromatic rings. The van der Waals surface area contributed by atoms with Gasteiger partial charge in [-0.1, -0.05) is 23.9 Å². The van der Waals surface area contributed by atoms with Gasteiger partial charge in [-0.25, -0.2) is 4.98 Å². The van der Waals surface area contributed by atoms with Gasteiger partial charge in [0.15, 0.2) is 0 Å². The summed E-state index contributed by atoms with van der Waals surface area (Å²) in [5.74, 6) is 0.733. The van der Waals surface area contributed by atoms with Crippen LogP contribution in [0.3, 0.4) is 0 Å². The second-order valence-electron chi connectivity index (χ2n) is 6.43. The van der Waals surface area contributed by atoms with Crippen LogP contribution in [0.25, 0.3) is 11.1 Å². The van der Waals surface area contributed by atoms with Crippen LogP contribution >= 0.6 is 11.8 Å². The highest BCUT2D eigenvalue weighted by Gasteiger charge is 2.22. The molecule has 0 radical (unpaired) electrons. The van der Waals surface area contributed by atoms with Gasteiger partial charge < -0.3 is 15.2 Å². The number of methoxy groups -OCH3 is 1. The van der Waals surface area contributed by atoms with E-state index in [0.29, 0.717) is 40.7 Å². The first-order valence-electron chi connectivity index (χ1n) is 9.39. The molecule has 156 valence electrons. The Labute approximate surface area is 184 Å². The van der Waals surface area contributed by atoms with Gasteiger partial charge in [0.2, 0.25) is 0 Å². The van der Waals surface area contributed by atoms with E-state index in [4.69, 9.17) is 15.2 Å². The van der Waals surface area contributed by atoms with Crippen molar-refractivity contribution in [2.75, 3.05) is 26.1 Å². The van der Waals surface area contributed by atoms with Crippen molar-refractivity contribution in [3.63, 3.8) is 0 Å². The smallest absolute Gasteiger partial charge is 0.143 e. The number of nitrogen functional groups attached to an aromatic ring is 1. The number of benzene rings is 1. The number of hydrogen-bond donors (Lipinski definition) is 1. The summed E-state index contributed by atoms with van der Waals surface area (Å²) in [6.07, 6.45) is 1.60. The molecule has 2 N–H and O–H groups in total. The van der Waals surface area contributed by atoms with Crippen LogP contribution in [0.2, 0.25) is 0 Å². The minimum absolute atomic E-state index is 0.0748. The molecule has 0 amide bonds. The Morgan fingerprint density at radius 2 is 1.84 bits per heavy atom. The second kappa shape index (κ2) is 10.4. The number of nitrogens with two attached hydrogens (primary N) is 1. The van der Waals surface area contributed by atoms with Crippen molar-refractivity contribution in [1.82, 2.24) is 15.2 Å². The zero-order valence-electron chi connectivity index (χ0n) is 17.1. The molecular weight excluding hydrogens is 412 g/mol. The first-order valence-corrected chi connectivity index (χ1v) is 10.3. The van der Waals surface area contributed by atoms with Crippen LogP contribution in [0.4, 0.5) is 5.82 Å². The number of thioether (sulfide) groups is 1. The number of nitriles is 2. The van der Waals surface area contributed by atoms with E-state index >= 15 is 0 Å². The molecule has 1 aromatic carbocycles. The van der Waals surface area contributed by atoms with Crippen LogP contribution in [0.1, 0.15) is 29.0 Å². The van der Waals surface area contributed by atoms with Crippen LogP contribution in [0.15, 0.2) is 47.6 Å². The van der Waals surface area contributed by atoms with E-state index in [1.54, 1.807) is 43.6 Å². The molecule has 0 aliphatic heterocycles. The van der Waals surface area contributed by atoms with Crippen molar-refractivity contribution in [3.05, 3.63) is 59.4 Å². The van der Waals surface area contributed by atoms with Crippen molar-refractivity contribution in [2.24, 2.45) is 0 Å². The topological polar surface area (TPSA) is 131 Å². The fraction of sp³-hybridized carbons (Fsp3) is 0.227. The number of aromatic nitrogens is 3. The zero-order valence-corrected chi connectivity index (χ0v) is 17.9. The average molecular weight is 433 g/mol. The Morgan fingerprint density at radius 1 is 1.10 bits per heavy atom. The molecule has 3 rings (SSSR count). The maximum atomic E-state index is 9.93. The molecule has 0 aliphatic carbocycles. The van der Waals surface area contributed by atoms with Crippen molar-refractivity contribution in [2.45, 2.75) is 17.2 Å². The largest absolute Gasteiger partial charge is 0.491 e. The van der Waals surface area contributed by atoms with E-state index in [0.717, 1.165) is 5.69 Å². The van der Waals surface area contributed by atoms with E-state index in [1.807, 2.05) is 13.0 Å². The summed E-state index contributed by atoms with van der Waals surface area (Å²) in [4.78, 5) is 4.34. The lowest BCUT2D eigenvalue weighted by Crippen LogP contribution is -2.05. The molecule has 0 spiro atoms. The second-order valence-corrected chi connectivity index (χ2v) is 7.75. The zero-order chi connectivity index (χ0) is 22.2. The third-order valence-corrected chi connectivity index (χ3v) is 5.53. The molecule has 9 heteroatoms. The molecule has 0 bridgehead atoms. The van der Waals surface area contributed by atoms with Gasteiger partial charge in [0.1, 0.15) is 40.9 Å². The fourth-order valence-electron chi connectivity index (χ4n) is 2.89. The standard InChI is InChI=1S/C22H20N6O2S/c1-14(19-4-3-9-26-28-19)31-22-18(13-24)20(17(12-23)21(25)27-22)15-5-7-16(8-6-15)30-11-10-29-2/h3-9,14H,10-11H2,1-2H3,(H2,25,27). The van der Waals surface area contributed by atoms with Crippen LogP contribution in [0.5, 0.6) is 5.75 Å². The highest BCUT2D eigenvalue weighted by atomic mass is 32.2. The lowest BCUT2D eigenvalue weighted by molar-refractivity contribution is 0.146. The maximum absolute atomic E-state index is 9.93. The molecule has 1 unspecified atom stereocenters. The molecule has 2 aromatic heterocycles. The molecule has 1 atom stereocenters. The third-order valence-electron chi connectivity index (χ3n) is 4.41. The van der Waals surface area contributed by atoms with E-state index in [2.05, 4.69) is 27.3 Å². The van der Waals surface area contributed by atoms with Crippen LogP contribution in [0, 0.1) is 22.7 Å². The molecule has 8 nitrogen and oxygen atoms in total. The first-order chi connectivity index (χ1) is 15.1. The summed E-state index contributed by atoms with van der Waals surface area (Å²) in [7, 11) is 1.61. The van der Waals surface area contributed by atoms with Gasteiger partial charge in [0.25, 0.3) is 0 Å². The summed E-state index contributed by atoms with van der Waals surface area (Å²) >= 11 is 1.34. The van der Waals surface area contributed by atoms with E-state index < -0.39 is 0 Å². The van der Waals surface area contributed by atoms with Gasteiger partial charge in [-0.2, -0.15) is 20.7 Å². The van der Waals surface area contributed by atoms with Crippen LogP contribution in [-0.4, -0.2) is 35.5 Å². The Hall–Kier alpha value is -3.66. The predicted molar refractivity (Wildman–Crippen MR) is 117 cm³/mol. The number of nitrogens with zero attached hydrogens (tertiary/aromatic N) is 5. The van der Waals surface area contributed by atoms with Gasteiger partial charge in [-0.3, -0.25) is 0 Å². The number of rotatable bonds is 8. The maximum Gasteiger partial charge on any atom is 0.143 e. The van der Waals surface area contributed by atoms with Crippen molar-refractivity contribution in [1.29, 1.82) is 10.5 Å². The van der Waals surface area contributed by atoms with Gasteiger partial charge in [0, 0.05) is 18.9 Å². The summed E-state index contributed by atoms with van der Waals surface area (Å²) in [6, 6.07) is 15.1. The van der Waals surface area contributed by atoms with E-state index in [9.17, 15) is 10.5 Å². The van der Waals surface area contributed by atoms with Gasteiger partial charge in [-0.05, 0) is 36.8 Å². The Kier molecular flexibility index (Phi) is 7.39. The summed E-state index contributed by atoms with van der Waals surface area (Å²) < 4.78 is 10.6. The Bertz CT molecular complexity index is 1120. The molecule has 0 saturated heterocycles. The average Bonchev–Trinajstić information content (AvgIpc) is 2.80. The molecule has 31 heavy (non-hydrogen) atoms. The summed E-state index contributed by atoms with van der Waals surface area (Å²) in [5.41, 5.74) is 8.43. The van der Waals surface area contributed by atoms with Gasteiger partial charge in [-0.15, -0.1) is 0 Å². The minimum Gasteiger partial charge on any atom is -0.491 e. The molecular formula is C22H20N6O2S. The van der Waals surface area contributed by atoms with Crippen LogP contribution in [-0.2, 0) is 4.74 Å². The first kappa shape index (κ1) is 22.0. The van der Waals surface area contributed by atoms with Crippen molar-refractivity contribution >= 4 is 17.6 Å². The van der Waals surface area contributed by atoms with Crippen molar-refractivity contribution in [3.8, 4) is 29.0 Å². The molecule has 0 aliphatic rings. The van der Waals surface area contributed by atoms with E-state index in [1.165, 1.54) is 11.8 Å². The Balaban J connectivity index is 2.01. The van der Waals surface area contributed by atoms with Gasteiger partial charge >= 0.3 is 0 Å². The monoisotopic (exact) mass is 432 g/mol. The Morgan fingerprint density at radius 3 is 2.45 bits per heavy atom. The number of anilines is 1. The third kappa shape index (κ3) is 5.10. The normalized spacial score (nSPS) is 11.4. The lowest BCUT2D eigenvalue weighted by Gasteiger charge is -2.15. The molecule has 0 saturated carbocycles. The number of hydrogen-bond acceptors (Lipinski definition) is 9. The summed E-state index contributed by atoms with van der Waals surface area (Å²) in [5, 5.41) is 28.0. The van der Waals surface area contributed by atoms with Gasteiger partial charge in [0.05, 0.1) is 23.1 Å². The predicted octanol–water partition coefficient (Wildman–Crippen LogP) is 3.74. The number of pyridine rings is 1. The number of ether oxygens (including phenoxy) is 2. The quantitative estimate of drug-likeness (QED) is 0.417. The molecule has 2 heterocycles. The van der Waals surface area contributed by atoms with E-state index in [-0.39, 0.29) is 16.6 Å². The summed E-state index contributed by atoms with van der Waals surface area (Å²) in [6.45, 7) is 2.84. The fourth-order valence-corrected chi connectivity index (χ4v) is 3.89. The highest BCUT2D eigenvalue weighted by Crippen LogP contribution is 2.40. The lowest BCUT2D eigenvalue weighted by atomic mass is 9.97. The molecule has 0 fully saturated rings.